The molecule has 2 aliphatic rings. The van der Waals surface area contributed by atoms with Crippen molar-refractivity contribution >= 4 is 29.5 Å². The normalized spacial score (nSPS) is 16.9. The summed E-state index contributed by atoms with van der Waals surface area (Å²) in [4.78, 5) is 12.9. The molecule has 0 aromatic heterocycles. The first kappa shape index (κ1) is 17.4. The smallest absolute Gasteiger partial charge is 0.172 e. The summed E-state index contributed by atoms with van der Waals surface area (Å²) in [5.74, 6) is -0.886. The molecule has 2 aliphatic carbocycles. The minimum absolute atomic E-state index is 0.138. The van der Waals surface area contributed by atoms with Crippen LogP contribution in [0.2, 0.25) is 5.02 Å². The molecule has 0 amide bonds. The first-order valence-electron chi connectivity index (χ1n) is 9.53. The molecule has 1 unspecified atom stereocenters. The number of rotatable bonds is 2. The van der Waals surface area contributed by atoms with E-state index in [2.05, 4.69) is 24.3 Å². The van der Waals surface area contributed by atoms with Gasteiger partial charge in [0, 0.05) is 10.9 Å². The first-order valence-corrected chi connectivity index (χ1v) is 9.91. The molecule has 5 rings (SSSR count). The molecule has 0 saturated carbocycles. The molecule has 0 radical (unpaired) electrons. The van der Waals surface area contributed by atoms with Crippen LogP contribution < -0.4 is 10.4 Å². The van der Waals surface area contributed by atoms with Gasteiger partial charge >= 0.3 is 0 Å². The van der Waals surface area contributed by atoms with E-state index in [0.29, 0.717) is 6.42 Å². The van der Waals surface area contributed by atoms with E-state index in [4.69, 9.17) is 11.6 Å². The van der Waals surface area contributed by atoms with Crippen LogP contribution in [0.4, 0.5) is 4.39 Å². The van der Waals surface area contributed by atoms with Gasteiger partial charge in [-0.25, -0.2) is 4.39 Å². The summed E-state index contributed by atoms with van der Waals surface area (Å²) in [5.41, 5.74) is 4.99. The third kappa shape index (κ3) is 2.80. The summed E-state index contributed by atoms with van der Waals surface area (Å²) in [6.07, 6.45) is 6.65. The highest BCUT2D eigenvalue weighted by Gasteiger charge is 2.24. The molecule has 0 spiro atoms. The highest BCUT2D eigenvalue weighted by molar-refractivity contribution is 6.30. The Morgan fingerprint density at radius 2 is 1.79 bits per heavy atom. The lowest BCUT2D eigenvalue weighted by Gasteiger charge is -2.21. The maximum atomic E-state index is 14.1. The van der Waals surface area contributed by atoms with Gasteiger partial charge in [0.1, 0.15) is 5.82 Å². The standard InChI is InChI=1S/C25H18ClFO/c26-18-10-7-16-9-11-19-20(23(16)14-18)12-8-15-5-6-17(13-22(15)19)25(28)21-3-1-2-4-24(21)27/h1-4,7-8,10-14,17H,5-6,9H2. The summed E-state index contributed by atoms with van der Waals surface area (Å²) in [5, 5.41) is 3.00. The second-order valence-corrected chi connectivity index (χ2v) is 7.90. The van der Waals surface area contributed by atoms with E-state index in [-0.39, 0.29) is 17.3 Å². The fourth-order valence-electron chi connectivity index (χ4n) is 4.40. The summed E-state index contributed by atoms with van der Waals surface area (Å²) in [6, 6.07) is 16.6. The van der Waals surface area contributed by atoms with Crippen molar-refractivity contribution in [2.45, 2.75) is 19.3 Å². The molecule has 3 aromatic rings. The van der Waals surface area contributed by atoms with Gasteiger partial charge < -0.3 is 0 Å². The number of carbonyl (C=O) groups is 1. The van der Waals surface area contributed by atoms with Crippen molar-refractivity contribution in [1.82, 2.24) is 0 Å². The molecule has 3 heteroatoms. The van der Waals surface area contributed by atoms with E-state index < -0.39 is 5.82 Å². The lowest BCUT2D eigenvalue weighted by Crippen LogP contribution is -2.37. The van der Waals surface area contributed by atoms with Gasteiger partial charge in [0.2, 0.25) is 0 Å². The molecule has 0 bridgehead atoms. The number of hydrogen-bond acceptors (Lipinski definition) is 1. The van der Waals surface area contributed by atoms with Crippen LogP contribution in [-0.2, 0) is 12.8 Å². The van der Waals surface area contributed by atoms with Crippen LogP contribution in [0.15, 0.2) is 54.6 Å². The number of benzene rings is 3. The van der Waals surface area contributed by atoms with Gasteiger partial charge in [-0.15, -0.1) is 0 Å². The van der Waals surface area contributed by atoms with E-state index in [1.54, 1.807) is 18.2 Å². The molecule has 0 aliphatic heterocycles. The van der Waals surface area contributed by atoms with Crippen molar-refractivity contribution < 1.29 is 9.18 Å². The Balaban J connectivity index is 1.65. The van der Waals surface area contributed by atoms with Gasteiger partial charge in [0.05, 0.1) is 5.56 Å². The SMILES string of the molecule is O=C(c1ccccc1F)C1C=c2c(ccc3c2=CCc2ccc(Cl)cc2-3)CC1. The number of hydrogen-bond donors (Lipinski definition) is 0. The Kier molecular flexibility index (Phi) is 4.17. The van der Waals surface area contributed by atoms with Crippen LogP contribution in [0.5, 0.6) is 0 Å². The van der Waals surface area contributed by atoms with Crippen LogP contribution in [0.25, 0.3) is 23.3 Å². The number of ketones is 1. The molecular formula is C25H18ClFO. The van der Waals surface area contributed by atoms with E-state index in [1.807, 2.05) is 18.2 Å². The molecule has 0 heterocycles. The number of aryl methyl sites for hydroxylation is 1. The Morgan fingerprint density at radius 3 is 2.64 bits per heavy atom. The summed E-state index contributed by atoms with van der Waals surface area (Å²) < 4.78 is 14.1. The average molecular weight is 389 g/mol. The zero-order chi connectivity index (χ0) is 19.3. The van der Waals surface area contributed by atoms with Crippen LogP contribution in [0.1, 0.15) is 27.9 Å². The number of halogens is 2. The molecule has 138 valence electrons. The zero-order valence-electron chi connectivity index (χ0n) is 15.2. The second-order valence-electron chi connectivity index (χ2n) is 7.47. The van der Waals surface area contributed by atoms with Gasteiger partial charge in [-0.2, -0.15) is 0 Å². The predicted octanol–water partition coefficient (Wildman–Crippen LogP) is 4.71. The Labute approximate surface area is 167 Å². The minimum atomic E-state index is -0.447. The predicted molar refractivity (Wildman–Crippen MR) is 111 cm³/mol. The number of carbonyl (C=O) groups excluding carboxylic acids is 1. The first-order chi connectivity index (χ1) is 13.6. The Bertz CT molecular complexity index is 1240. The van der Waals surface area contributed by atoms with Crippen molar-refractivity contribution in [3.63, 3.8) is 0 Å². The topological polar surface area (TPSA) is 17.1 Å². The second kappa shape index (κ2) is 6.72. The highest BCUT2D eigenvalue weighted by Crippen LogP contribution is 2.29. The Morgan fingerprint density at radius 1 is 0.964 bits per heavy atom. The van der Waals surface area contributed by atoms with Crippen molar-refractivity contribution in [2.75, 3.05) is 0 Å². The third-order valence-corrected chi connectivity index (χ3v) is 6.07. The van der Waals surface area contributed by atoms with Gasteiger partial charge in [-0.3, -0.25) is 4.79 Å². The number of Topliss-reactive ketones (excluding diaryl/α,β-unsaturated/α-hetero) is 1. The van der Waals surface area contributed by atoms with Crippen LogP contribution in [-0.4, -0.2) is 5.78 Å². The van der Waals surface area contributed by atoms with E-state index >= 15 is 0 Å². The van der Waals surface area contributed by atoms with E-state index in [0.717, 1.165) is 34.2 Å². The zero-order valence-corrected chi connectivity index (χ0v) is 16.0. The lowest BCUT2D eigenvalue weighted by atomic mass is 9.82. The van der Waals surface area contributed by atoms with Crippen molar-refractivity contribution in [3.05, 3.63) is 92.6 Å². The van der Waals surface area contributed by atoms with E-state index in [1.165, 1.54) is 22.4 Å². The molecule has 1 nitrogen and oxygen atoms in total. The van der Waals surface area contributed by atoms with Gasteiger partial charge in [-0.05, 0) is 76.2 Å². The highest BCUT2D eigenvalue weighted by atomic mass is 35.5. The molecule has 0 saturated heterocycles. The molecule has 1 atom stereocenters. The minimum Gasteiger partial charge on any atom is -0.293 e. The van der Waals surface area contributed by atoms with Crippen LogP contribution >= 0.6 is 11.6 Å². The maximum Gasteiger partial charge on any atom is 0.172 e. The van der Waals surface area contributed by atoms with Crippen molar-refractivity contribution in [2.24, 2.45) is 5.92 Å². The van der Waals surface area contributed by atoms with Gasteiger partial charge in [0.25, 0.3) is 0 Å². The van der Waals surface area contributed by atoms with Crippen molar-refractivity contribution in [1.29, 1.82) is 0 Å². The fraction of sp³-hybridized carbons (Fsp3) is 0.160. The fourth-order valence-corrected chi connectivity index (χ4v) is 4.58. The molecule has 3 aromatic carbocycles. The maximum absolute atomic E-state index is 14.1. The van der Waals surface area contributed by atoms with Crippen molar-refractivity contribution in [3.8, 4) is 11.1 Å². The average Bonchev–Trinajstić information content (AvgIpc) is 2.72. The third-order valence-electron chi connectivity index (χ3n) is 5.83. The van der Waals surface area contributed by atoms with Gasteiger partial charge in [-0.1, -0.05) is 54.1 Å². The molecule has 0 N–H and O–H groups in total. The van der Waals surface area contributed by atoms with Gasteiger partial charge in [0.15, 0.2) is 5.78 Å². The largest absolute Gasteiger partial charge is 0.293 e. The Hall–Kier alpha value is -2.71. The van der Waals surface area contributed by atoms with Crippen LogP contribution in [0, 0.1) is 11.7 Å². The number of fused-ring (bicyclic) bond motifs is 5. The quantitative estimate of drug-likeness (QED) is 0.581. The molecule has 0 fully saturated rings. The monoisotopic (exact) mass is 388 g/mol. The molecule has 28 heavy (non-hydrogen) atoms. The summed E-state index contributed by atoms with van der Waals surface area (Å²) in [7, 11) is 0. The lowest BCUT2D eigenvalue weighted by molar-refractivity contribution is 0.0942. The van der Waals surface area contributed by atoms with E-state index in [9.17, 15) is 9.18 Å². The van der Waals surface area contributed by atoms with Crippen LogP contribution in [0.3, 0.4) is 0 Å². The summed E-state index contributed by atoms with van der Waals surface area (Å²) >= 11 is 6.24. The molecular weight excluding hydrogens is 371 g/mol. The summed E-state index contributed by atoms with van der Waals surface area (Å²) in [6.45, 7) is 0.